The molecule has 2 rings (SSSR count). The number of aromatic amines is 1. The molecule has 8 nitrogen and oxygen atoms in total. The van der Waals surface area contributed by atoms with E-state index in [0.29, 0.717) is 5.69 Å². The number of hydrogen-bond acceptors (Lipinski definition) is 6. The van der Waals surface area contributed by atoms with Gasteiger partial charge in [-0.2, -0.15) is 0 Å². The maximum atomic E-state index is 11.6. The molecule has 0 radical (unpaired) electrons. The standard InChI is InChI=1S/C11H8N2O6/c1-6-5-8(9(13(16)17)10(14)12-6)19-11(15)7-3-2-4-18-7/h2-5H,1H3,(H,12,14). The molecule has 0 aliphatic rings. The normalized spacial score (nSPS) is 10.2. The van der Waals surface area contributed by atoms with Crippen molar-refractivity contribution in [1.29, 1.82) is 0 Å². The zero-order chi connectivity index (χ0) is 14.0. The number of furan rings is 1. The zero-order valence-corrected chi connectivity index (χ0v) is 9.71. The largest absolute Gasteiger partial charge is 0.457 e. The summed E-state index contributed by atoms with van der Waals surface area (Å²) in [6.45, 7) is 1.51. The Morgan fingerprint density at radius 3 is 2.84 bits per heavy atom. The molecule has 8 heteroatoms. The summed E-state index contributed by atoms with van der Waals surface area (Å²) < 4.78 is 9.62. The molecule has 0 bridgehead atoms. The van der Waals surface area contributed by atoms with Crippen LogP contribution in [-0.4, -0.2) is 15.9 Å². The van der Waals surface area contributed by atoms with Crippen molar-refractivity contribution in [3.8, 4) is 5.75 Å². The van der Waals surface area contributed by atoms with Crippen molar-refractivity contribution in [2.45, 2.75) is 6.92 Å². The van der Waals surface area contributed by atoms with E-state index >= 15 is 0 Å². The molecule has 0 unspecified atom stereocenters. The van der Waals surface area contributed by atoms with Crippen LogP contribution in [0.3, 0.4) is 0 Å². The fourth-order valence-corrected chi connectivity index (χ4v) is 1.45. The maximum absolute atomic E-state index is 11.6. The third kappa shape index (κ3) is 2.51. The first kappa shape index (κ1) is 12.6. The van der Waals surface area contributed by atoms with E-state index in [1.165, 1.54) is 31.4 Å². The van der Waals surface area contributed by atoms with Crippen LogP contribution in [-0.2, 0) is 0 Å². The molecule has 1 N–H and O–H groups in total. The molecule has 0 aliphatic carbocycles. The number of carbonyl (C=O) groups is 1. The number of pyridine rings is 1. The van der Waals surface area contributed by atoms with E-state index in [0.717, 1.165) is 0 Å². The second kappa shape index (κ2) is 4.77. The van der Waals surface area contributed by atoms with Crippen LogP contribution in [0.5, 0.6) is 5.75 Å². The van der Waals surface area contributed by atoms with E-state index in [9.17, 15) is 19.7 Å². The van der Waals surface area contributed by atoms with Crippen LogP contribution in [0.1, 0.15) is 16.2 Å². The molecule has 0 spiro atoms. The van der Waals surface area contributed by atoms with Crippen LogP contribution in [0.2, 0.25) is 0 Å². The molecule has 0 aliphatic heterocycles. The minimum atomic E-state index is -0.938. The second-order valence-corrected chi connectivity index (χ2v) is 3.62. The quantitative estimate of drug-likeness (QED) is 0.509. The monoisotopic (exact) mass is 264 g/mol. The topological polar surface area (TPSA) is 115 Å². The minimum Gasteiger partial charge on any atom is -0.457 e. The van der Waals surface area contributed by atoms with Gasteiger partial charge in [0.15, 0.2) is 0 Å². The highest BCUT2D eigenvalue weighted by Crippen LogP contribution is 2.23. The highest BCUT2D eigenvalue weighted by molar-refractivity contribution is 5.88. The van der Waals surface area contributed by atoms with Gasteiger partial charge >= 0.3 is 17.2 Å². The number of hydrogen-bond donors (Lipinski definition) is 1. The highest BCUT2D eigenvalue weighted by Gasteiger charge is 2.24. The van der Waals surface area contributed by atoms with Crippen molar-refractivity contribution in [2.75, 3.05) is 0 Å². The van der Waals surface area contributed by atoms with Gasteiger partial charge in [-0.15, -0.1) is 0 Å². The number of aryl methyl sites for hydroxylation is 1. The van der Waals surface area contributed by atoms with Crippen LogP contribution < -0.4 is 10.3 Å². The molecule has 0 fully saturated rings. The third-order valence-electron chi connectivity index (χ3n) is 2.21. The van der Waals surface area contributed by atoms with Crippen LogP contribution in [0.25, 0.3) is 0 Å². The molecule has 0 saturated carbocycles. The lowest BCUT2D eigenvalue weighted by Gasteiger charge is -2.03. The Bertz CT molecular complexity index is 686. The fraction of sp³-hybridized carbons (Fsp3) is 0.0909. The Balaban J connectivity index is 2.42. The van der Waals surface area contributed by atoms with Gasteiger partial charge in [-0.25, -0.2) is 4.79 Å². The average molecular weight is 264 g/mol. The summed E-state index contributed by atoms with van der Waals surface area (Å²) in [6, 6.07) is 4.00. The first-order valence-corrected chi connectivity index (χ1v) is 5.13. The Morgan fingerprint density at radius 1 is 1.53 bits per heavy atom. The number of rotatable bonds is 3. The maximum Gasteiger partial charge on any atom is 0.379 e. The minimum absolute atomic E-state index is 0.118. The third-order valence-corrected chi connectivity index (χ3v) is 2.21. The van der Waals surface area contributed by atoms with Gasteiger partial charge in [0, 0.05) is 11.8 Å². The van der Waals surface area contributed by atoms with Crippen molar-refractivity contribution in [2.24, 2.45) is 0 Å². The number of nitrogens with zero attached hydrogens (tertiary/aromatic N) is 1. The summed E-state index contributed by atoms with van der Waals surface area (Å²) in [5.41, 5.74) is -1.43. The molecule has 0 amide bonds. The zero-order valence-electron chi connectivity index (χ0n) is 9.71. The van der Waals surface area contributed by atoms with Crippen molar-refractivity contribution < 1.29 is 18.9 Å². The van der Waals surface area contributed by atoms with Crippen molar-refractivity contribution in [3.63, 3.8) is 0 Å². The molecule has 98 valence electrons. The Hall–Kier alpha value is -2.90. The van der Waals surface area contributed by atoms with Gasteiger partial charge in [-0.05, 0) is 19.1 Å². The Kier molecular flexibility index (Phi) is 3.15. The highest BCUT2D eigenvalue weighted by atomic mass is 16.6. The van der Waals surface area contributed by atoms with Crippen molar-refractivity contribution in [3.05, 3.63) is 56.4 Å². The molecule has 0 aromatic carbocycles. The molecular weight excluding hydrogens is 256 g/mol. The first-order valence-electron chi connectivity index (χ1n) is 5.13. The summed E-state index contributed by atoms with van der Waals surface area (Å²) in [4.78, 5) is 35.2. The number of ether oxygens (including phenoxy) is 1. The number of nitrogens with one attached hydrogen (secondary N) is 1. The lowest BCUT2D eigenvalue weighted by atomic mass is 10.3. The molecule has 2 heterocycles. The summed E-state index contributed by atoms with van der Waals surface area (Å²) in [5.74, 6) is -1.46. The summed E-state index contributed by atoms with van der Waals surface area (Å²) in [5, 5.41) is 10.8. The van der Waals surface area contributed by atoms with Gasteiger partial charge < -0.3 is 14.1 Å². The molecule has 2 aromatic rings. The van der Waals surface area contributed by atoms with Gasteiger partial charge in [-0.3, -0.25) is 14.9 Å². The molecule has 0 saturated heterocycles. The van der Waals surface area contributed by atoms with Crippen LogP contribution in [0.15, 0.2) is 33.7 Å². The van der Waals surface area contributed by atoms with Gasteiger partial charge in [0.2, 0.25) is 11.5 Å². The number of aromatic nitrogens is 1. The number of nitro groups is 1. The van der Waals surface area contributed by atoms with Crippen LogP contribution in [0, 0.1) is 17.0 Å². The fourth-order valence-electron chi connectivity index (χ4n) is 1.45. The molecular formula is C11H8N2O6. The predicted octanol–water partition coefficient (Wildman–Crippen LogP) is 1.40. The van der Waals surface area contributed by atoms with E-state index in [1.54, 1.807) is 0 Å². The van der Waals surface area contributed by atoms with Gasteiger partial charge in [0.05, 0.1) is 11.2 Å². The summed E-state index contributed by atoms with van der Waals surface area (Å²) >= 11 is 0. The molecule has 0 atom stereocenters. The summed E-state index contributed by atoms with van der Waals surface area (Å²) in [6.07, 6.45) is 1.26. The first-order chi connectivity index (χ1) is 8.99. The Labute approximate surface area is 105 Å². The van der Waals surface area contributed by atoms with Crippen LogP contribution >= 0.6 is 0 Å². The number of carbonyl (C=O) groups excluding carboxylic acids is 1. The molecule has 19 heavy (non-hydrogen) atoms. The van der Waals surface area contributed by atoms with Crippen molar-refractivity contribution in [1.82, 2.24) is 4.98 Å². The Morgan fingerprint density at radius 2 is 2.26 bits per heavy atom. The van der Waals surface area contributed by atoms with E-state index in [4.69, 9.17) is 9.15 Å². The van der Waals surface area contributed by atoms with Crippen molar-refractivity contribution >= 4 is 11.7 Å². The average Bonchev–Trinajstić information content (AvgIpc) is 2.80. The van der Waals surface area contributed by atoms with E-state index in [-0.39, 0.29) is 5.76 Å². The lowest BCUT2D eigenvalue weighted by Crippen LogP contribution is -2.17. The number of H-pyrrole nitrogens is 1. The van der Waals surface area contributed by atoms with Gasteiger partial charge in [-0.1, -0.05) is 0 Å². The molecule has 2 aromatic heterocycles. The van der Waals surface area contributed by atoms with E-state index in [1.807, 2.05) is 0 Å². The van der Waals surface area contributed by atoms with Crippen LogP contribution in [0.4, 0.5) is 5.69 Å². The van der Waals surface area contributed by atoms with E-state index in [2.05, 4.69) is 4.98 Å². The van der Waals surface area contributed by atoms with E-state index < -0.39 is 27.9 Å². The second-order valence-electron chi connectivity index (χ2n) is 3.62. The summed E-state index contributed by atoms with van der Waals surface area (Å²) in [7, 11) is 0. The SMILES string of the molecule is Cc1cc(OC(=O)c2ccco2)c([N+](=O)[O-])c(=O)[nH]1. The number of esters is 1. The van der Waals surface area contributed by atoms with Gasteiger partial charge in [0.1, 0.15) is 0 Å². The predicted molar refractivity (Wildman–Crippen MR) is 62.1 cm³/mol. The van der Waals surface area contributed by atoms with Gasteiger partial charge in [0.25, 0.3) is 0 Å². The lowest BCUT2D eigenvalue weighted by molar-refractivity contribution is -0.387. The smallest absolute Gasteiger partial charge is 0.379 e.